The molecular weight excluding hydrogens is 273 g/mol. The molecule has 104 valence electrons. The van der Waals surface area contributed by atoms with Crippen LogP contribution in [0.1, 0.15) is 29.6 Å². The predicted molar refractivity (Wildman–Crippen MR) is 71.0 cm³/mol. The smallest absolute Gasteiger partial charge is 0.254 e. The van der Waals surface area contributed by atoms with Gasteiger partial charge in [0.25, 0.3) is 5.91 Å². The molecule has 0 fully saturated rings. The number of unbranched alkanes of at least 4 members (excludes halogenated alkanes) is 1. The number of hydrogen-bond donors (Lipinski definition) is 3. The summed E-state index contributed by atoms with van der Waals surface area (Å²) in [6.07, 6.45) is 1.75. The third-order valence-corrected chi connectivity index (χ3v) is 2.76. The summed E-state index contributed by atoms with van der Waals surface area (Å²) in [7, 11) is 0. The number of oxime groups is 1. The Morgan fingerprint density at radius 1 is 1.47 bits per heavy atom. The third-order valence-electron chi connectivity index (χ3n) is 2.47. The lowest BCUT2D eigenvalue weighted by atomic mass is 10.2. The summed E-state index contributed by atoms with van der Waals surface area (Å²) in [4.78, 5) is 11.7. The number of carbonyl (C=O) groups is 1. The highest BCUT2D eigenvalue weighted by molar-refractivity contribution is 6.31. The Morgan fingerprint density at radius 3 is 2.89 bits per heavy atom. The first-order valence-electron chi connectivity index (χ1n) is 5.75. The summed E-state index contributed by atoms with van der Waals surface area (Å²) in [5.41, 5.74) is 5.21. The molecule has 1 amide bonds. The molecule has 0 spiro atoms. The van der Waals surface area contributed by atoms with E-state index in [4.69, 9.17) is 22.5 Å². The molecule has 0 saturated heterocycles. The maximum absolute atomic E-state index is 13.5. The van der Waals surface area contributed by atoms with Gasteiger partial charge in [0.15, 0.2) is 5.82 Å². The van der Waals surface area contributed by atoms with Gasteiger partial charge in [-0.1, -0.05) is 22.8 Å². The normalized spacial score (nSPS) is 11.4. The van der Waals surface area contributed by atoms with Crippen molar-refractivity contribution in [3.05, 3.63) is 34.6 Å². The van der Waals surface area contributed by atoms with Crippen LogP contribution in [0.15, 0.2) is 23.4 Å². The summed E-state index contributed by atoms with van der Waals surface area (Å²) in [5, 5.41) is 13.7. The minimum Gasteiger partial charge on any atom is -0.409 e. The van der Waals surface area contributed by atoms with E-state index in [2.05, 4.69) is 10.5 Å². The zero-order valence-electron chi connectivity index (χ0n) is 10.2. The van der Waals surface area contributed by atoms with Gasteiger partial charge in [0.2, 0.25) is 0 Å². The van der Waals surface area contributed by atoms with Gasteiger partial charge in [-0.15, -0.1) is 0 Å². The lowest BCUT2D eigenvalue weighted by Crippen LogP contribution is -2.25. The summed E-state index contributed by atoms with van der Waals surface area (Å²) in [5.74, 6) is -1.09. The Kier molecular flexibility index (Phi) is 6.08. The molecule has 0 aromatic heterocycles. The molecule has 1 aromatic rings. The van der Waals surface area contributed by atoms with E-state index in [1.54, 1.807) is 0 Å². The fraction of sp³-hybridized carbons (Fsp3) is 0.333. The number of nitrogens with zero attached hydrogens (tertiary/aromatic N) is 1. The number of carbonyl (C=O) groups excluding carboxylic acids is 1. The molecule has 0 heterocycles. The quantitative estimate of drug-likeness (QED) is 0.246. The first kappa shape index (κ1) is 15.2. The topological polar surface area (TPSA) is 87.7 Å². The first-order chi connectivity index (χ1) is 9.06. The Labute approximate surface area is 115 Å². The van der Waals surface area contributed by atoms with Gasteiger partial charge >= 0.3 is 0 Å². The number of amides is 1. The highest BCUT2D eigenvalue weighted by Crippen LogP contribution is 2.17. The monoisotopic (exact) mass is 287 g/mol. The van der Waals surface area contributed by atoms with E-state index in [9.17, 15) is 9.18 Å². The van der Waals surface area contributed by atoms with Crippen LogP contribution in [-0.4, -0.2) is 23.5 Å². The lowest BCUT2D eigenvalue weighted by molar-refractivity contribution is 0.0949. The maximum atomic E-state index is 13.5. The van der Waals surface area contributed by atoms with Crippen molar-refractivity contribution in [1.82, 2.24) is 5.32 Å². The minimum absolute atomic E-state index is 0.0797. The molecular formula is C12H15ClFN3O2. The van der Waals surface area contributed by atoms with Crippen LogP contribution in [0.3, 0.4) is 0 Å². The Hall–Kier alpha value is -1.82. The van der Waals surface area contributed by atoms with E-state index < -0.39 is 11.7 Å². The first-order valence-corrected chi connectivity index (χ1v) is 6.12. The van der Waals surface area contributed by atoms with Crippen molar-refractivity contribution in [3.8, 4) is 0 Å². The number of halogens is 2. The van der Waals surface area contributed by atoms with Gasteiger partial charge < -0.3 is 16.3 Å². The summed E-state index contributed by atoms with van der Waals surface area (Å²) in [6, 6.07) is 4.26. The van der Waals surface area contributed by atoms with Crippen LogP contribution in [-0.2, 0) is 0 Å². The van der Waals surface area contributed by atoms with Gasteiger partial charge in [0.1, 0.15) is 5.84 Å². The molecule has 19 heavy (non-hydrogen) atoms. The van der Waals surface area contributed by atoms with Crippen LogP contribution in [0, 0.1) is 5.82 Å². The second kappa shape index (κ2) is 7.58. The van der Waals surface area contributed by atoms with Gasteiger partial charge in [-0.05, 0) is 25.0 Å². The highest BCUT2D eigenvalue weighted by Gasteiger charge is 2.13. The largest absolute Gasteiger partial charge is 0.409 e. The molecule has 0 aliphatic heterocycles. The zero-order valence-corrected chi connectivity index (χ0v) is 11.0. The summed E-state index contributed by atoms with van der Waals surface area (Å²) < 4.78 is 13.5. The molecule has 0 aliphatic rings. The molecule has 1 rings (SSSR count). The molecule has 7 heteroatoms. The Balaban J connectivity index is 2.38. The third kappa shape index (κ3) is 4.75. The van der Waals surface area contributed by atoms with Gasteiger partial charge in [-0.25, -0.2) is 4.39 Å². The molecule has 0 saturated carbocycles. The number of rotatable bonds is 6. The average molecular weight is 288 g/mol. The Bertz CT molecular complexity index is 480. The van der Waals surface area contributed by atoms with Crippen molar-refractivity contribution in [1.29, 1.82) is 0 Å². The van der Waals surface area contributed by atoms with Crippen molar-refractivity contribution in [2.75, 3.05) is 6.54 Å². The van der Waals surface area contributed by atoms with E-state index in [1.165, 1.54) is 18.2 Å². The van der Waals surface area contributed by atoms with Crippen molar-refractivity contribution in [3.63, 3.8) is 0 Å². The summed E-state index contributed by atoms with van der Waals surface area (Å²) >= 11 is 5.59. The Morgan fingerprint density at radius 2 is 2.21 bits per heavy atom. The number of amidine groups is 1. The van der Waals surface area contributed by atoms with E-state index >= 15 is 0 Å². The number of nitrogens with two attached hydrogens (primary N) is 1. The second-order valence-corrected chi connectivity index (χ2v) is 4.31. The van der Waals surface area contributed by atoms with Gasteiger partial charge in [-0.2, -0.15) is 0 Å². The molecule has 0 radical (unpaired) electrons. The van der Waals surface area contributed by atoms with Crippen molar-refractivity contribution in [2.45, 2.75) is 19.3 Å². The molecule has 0 atom stereocenters. The fourth-order valence-electron chi connectivity index (χ4n) is 1.46. The van der Waals surface area contributed by atoms with Crippen molar-refractivity contribution >= 4 is 23.3 Å². The van der Waals surface area contributed by atoms with Crippen LogP contribution < -0.4 is 11.1 Å². The van der Waals surface area contributed by atoms with E-state index in [0.717, 1.165) is 0 Å². The van der Waals surface area contributed by atoms with Gasteiger partial charge in [0, 0.05) is 13.0 Å². The van der Waals surface area contributed by atoms with Crippen LogP contribution >= 0.6 is 11.6 Å². The zero-order chi connectivity index (χ0) is 14.3. The lowest BCUT2D eigenvalue weighted by Gasteiger charge is -2.06. The van der Waals surface area contributed by atoms with E-state index in [0.29, 0.717) is 25.8 Å². The van der Waals surface area contributed by atoms with Crippen LogP contribution in [0.5, 0.6) is 0 Å². The maximum Gasteiger partial charge on any atom is 0.254 e. The predicted octanol–water partition coefficient (Wildman–Crippen LogP) is 2.13. The molecule has 4 N–H and O–H groups in total. The SMILES string of the molecule is N/C(CCCCNC(=O)c1cccc(Cl)c1F)=N/O. The van der Waals surface area contributed by atoms with Crippen LogP contribution in [0.4, 0.5) is 4.39 Å². The molecule has 0 unspecified atom stereocenters. The number of nitrogens with one attached hydrogen (secondary N) is 1. The molecule has 0 bridgehead atoms. The second-order valence-electron chi connectivity index (χ2n) is 3.91. The van der Waals surface area contributed by atoms with Crippen LogP contribution in [0.25, 0.3) is 0 Å². The molecule has 0 aliphatic carbocycles. The van der Waals surface area contributed by atoms with E-state index in [1.807, 2.05) is 0 Å². The highest BCUT2D eigenvalue weighted by atomic mass is 35.5. The van der Waals surface area contributed by atoms with Crippen LogP contribution in [0.2, 0.25) is 5.02 Å². The van der Waals surface area contributed by atoms with E-state index in [-0.39, 0.29) is 16.4 Å². The van der Waals surface area contributed by atoms with Gasteiger partial charge in [0.05, 0.1) is 10.6 Å². The summed E-state index contributed by atoms with van der Waals surface area (Å²) in [6.45, 7) is 0.378. The number of benzene rings is 1. The minimum atomic E-state index is -0.724. The van der Waals surface area contributed by atoms with Gasteiger partial charge in [-0.3, -0.25) is 4.79 Å². The van der Waals surface area contributed by atoms with Crippen molar-refractivity contribution in [2.24, 2.45) is 10.9 Å². The standard InChI is InChI=1S/C12H15ClFN3O2/c13-9-5-3-4-8(11(9)14)12(18)16-7-2-1-6-10(15)17-19/h3-5,19H,1-2,6-7H2,(H2,15,17)(H,16,18). The molecule has 5 nitrogen and oxygen atoms in total. The van der Waals surface area contributed by atoms with Crippen molar-refractivity contribution < 1.29 is 14.4 Å². The average Bonchev–Trinajstić information content (AvgIpc) is 2.40. The number of hydrogen-bond acceptors (Lipinski definition) is 3. The fourth-order valence-corrected chi connectivity index (χ4v) is 1.63. The molecule has 1 aromatic carbocycles.